The molecule has 2 fully saturated rings. The highest BCUT2D eigenvalue weighted by atomic mass is 19.4. The van der Waals surface area contributed by atoms with Crippen molar-refractivity contribution >= 4 is 22.5 Å². The maximum atomic E-state index is 13.5. The van der Waals surface area contributed by atoms with Crippen molar-refractivity contribution in [1.29, 1.82) is 0 Å². The number of anilines is 1. The summed E-state index contributed by atoms with van der Waals surface area (Å²) in [6.45, 7) is 0.802. The van der Waals surface area contributed by atoms with E-state index in [1.165, 1.54) is 0 Å². The molecule has 2 aromatic heterocycles. The number of amides is 1. The van der Waals surface area contributed by atoms with Crippen LogP contribution in [0.4, 0.5) is 18.9 Å². The summed E-state index contributed by atoms with van der Waals surface area (Å²) < 4.78 is 47.3. The van der Waals surface area contributed by atoms with E-state index >= 15 is 0 Å². The molecule has 0 bridgehead atoms. The third-order valence-electron chi connectivity index (χ3n) is 6.41. The monoisotopic (exact) mass is 476 g/mol. The van der Waals surface area contributed by atoms with Gasteiger partial charge in [-0.05, 0) is 64.0 Å². The maximum Gasteiger partial charge on any atom is 0.406 e. The first-order chi connectivity index (χ1) is 16.3. The maximum absolute atomic E-state index is 13.5. The standard InChI is InChI=1S/C23H27F3N6O2/c1-31-9-7-15(8-10-31)28-17-3-2-4-18-16(17)11-19(32(18)13-23(24,25)26)22-30-29-20(34-22)12-27-21(33)14-5-6-14/h2-4,11,14-15,28H,5-10,12-13H2,1H3,(H,27,33). The van der Waals surface area contributed by atoms with Crippen molar-refractivity contribution in [3.8, 4) is 11.6 Å². The zero-order valence-electron chi connectivity index (χ0n) is 18.9. The second-order valence-electron chi connectivity index (χ2n) is 9.18. The van der Waals surface area contributed by atoms with Gasteiger partial charge in [0.05, 0.1) is 12.1 Å². The molecule has 8 nitrogen and oxygen atoms in total. The molecule has 1 saturated heterocycles. The number of carbonyl (C=O) groups is 1. The van der Waals surface area contributed by atoms with Crippen molar-refractivity contribution in [2.75, 3.05) is 25.5 Å². The van der Waals surface area contributed by atoms with Crippen LogP contribution in [0.2, 0.25) is 0 Å². The number of rotatable bonds is 7. The molecule has 5 rings (SSSR count). The quantitative estimate of drug-likeness (QED) is 0.540. The fourth-order valence-corrected chi connectivity index (χ4v) is 4.39. The van der Waals surface area contributed by atoms with Crippen molar-refractivity contribution in [1.82, 2.24) is 25.0 Å². The zero-order chi connectivity index (χ0) is 23.9. The van der Waals surface area contributed by atoms with Gasteiger partial charge in [-0.3, -0.25) is 4.79 Å². The zero-order valence-corrected chi connectivity index (χ0v) is 18.9. The van der Waals surface area contributed by atoms with Crippen molar-refractivity contribution in [2.45, 2.75) is 51.0 Å². The SMILES string of the molecule is CN1CCC(Nc2cccc3c2cc(-c2nnc(CNC(=O)C4CC4)o2)n3CC(F)(F)F)CC1. The number of likely N-dealkylation sites (tertiary alicyclic amines) is 1. The van der Waals surface area contributed by atoms with Crippen LogP contribution in [0, 0.1) is 5.92 Å². The predicted molar refractivity (Wildman–Crippen MR) is 120 cm³/mol. The average molecular weight is 477 g/mol. The molecule has 0 radical (unpaired) electrons. The number of carbonyl (C=O) groups excluding carboxylic acids is 1. The Morgan fingerprint density at radius 3 is 2.65 bits per heavy atom. The van der Waals surface area contributed by atoms with E-state index in [0.717, 1.165) is 49.0 Å². The molecular formula is C23H27F3N6O2. The van der Waals surface area contributed by atoms with Gasteiger partial charge in [0.15, 0.2) is 0 Å². The third kappa shape index (κ3) is 5.03. The minimum Gasteiger partial charge on any atom is -0.417 e. The van der Waals surface area contributed by atoms with Crippen LogP contribution in [-0.2, 0) is 17.9 Å². The minimum atomic E-state index is -4.43. The Kier molecular flexibility index (Phi) is 5.97. The van der Waals surface area contributed by atoms with Gasteiger partial charge in [0.1, 0.15) is 12.2 Å². The summed E-state index contributed by atoms with van der Waals surface area (Å²) in [6, 6.07) is 7.22. The van der Waals surface area contributed by atoms with Crippen LogP contribution < -0.4 is 10.6 Å². The molecule has 1 amide bonds. The van der Waals surface area contributed by atoms with E-state index in [2.05, 4.69) is 32.8 Å². The van der Waals surface area contributed by atoms with Crippen LogP contribution in [0.5, 0.6) is 0 Å². The first-order valence-electron chi connectivity index (χ1n) is 11.5. The Hall–Kier alpha value is -3.08. The molecule has 3 aromatic rings. The Morgan fingerprint density at radius 1 is 1.18 bits per heavy atom. The van der Waals surface area contributed by atoms with Gasteiger partial charge in [0.2, 0.25) is 11.8 Å². The van der Waals surface area contributed by atoms with Crippen LogP contribution >= 0.6 is 0 Å². The van der Waals surface area contributed by atoms with Gasteiger partial charge in [-0.15, -0.1) is 10.2 Å². The van der Waals surface area contributed by atoms with Crippen molar-refractivity contribution < 1.29 is 22.4 Å². The topological polar surface area (TPSA) is 88.2 Å². The lowest BCUT2D eigenvalue weighted by molar-refractivity contribution is -0.139. The lowest BCUT2D eigenvalue weighted by Crippen LogP contribution is -2.36. The number of nitrogens with zero attached hydrogens (tertiary/aromatic N) is 4. The first kappa shape index (κ1) is 22.7. The van der Waals surface area contributed by atoms with E-state index in [-0.39, 0.29) is 41.9 Å². The molecule has 0 spiro atoms. The van der Waals surface area contributed by atoms with Crippen molar-refractivity contribution in [3.63, 3.8) is 0 Å². The molecule has 1 saturated carbocycles. The number of nitrogens with one attached hydrogen (secondary N) is 2. The largest absolute Gasteiger partial charge is 0.417 e. The van der Waals surface area contributed by atoms with E-state index in [0.29, 0.717) is 10.9 Å². The normalized spacial score (nSPS) is 17.9. The number of halogens is 3. The highest BCUT2D eigenvalue weighted by molar-refractivity contribution is 5.96. The Balaban J connectivity index is 1.45. The third-order valence-corrected chi connectivity index (χ3v) is 6.41. The summed E-state index contributed by atoms with van der Waals surface area (Å²) in [6.07, 6.45) is -0.775. The lowest BCUT2D eigenvalue weighted by Gasteiger charge is -2.30. The highest BCUT2D eigenvalue weighted by Gasteiger charge is 2.32. The van der Waals surface area contributed by atoms with Crippen molar-refractivity contribution in [3.05, 3.63) is 30.2 Å². The number of benzene rings is 1. The van der Waals surface area contributed by atoms with E-state index in [9.17, 15) is 18.0 Å². The molecule has 1 aliphatic heterocycles. The number of hydrogen-bond acceptors (Lipinski definition) is 6. The van der Waals surface area contributed by atoms with Crippen LogP contribution in [0.15, 0.2) is 28.7 Å². The van der Waals surface area contributed by atoms with E-state index in [1.54, 1.807) is 18.2 Å². The van der Waals surface area contributed by atoms with Gasteiger partial charge in [-0.25, -0.2) is 0 Å². The van der Waals surface area contributed by atoms with E-state index < -0.39 is 12.7 Å². The van der Waals surface area contributed by atoms with Gasteiger partial charge in [-0.1, -0.05) is 6.07 Å². The van der Waals surface area contributed by atoms with Gasteiger partial charge in [-0.2, -0.15) is 13.2 Å². The molecule has 0 unspecified atom stereocenters. The second kappa shape index (κ2) is 8.94. The molecule has 11 heteroatoms. The van der Waals surface area contributed by atoms with Crippen molar-refractivity contribution in [2.24, 2.45) is 5.92 Å². The fourth-order valence-electron chi connectivity index (χ4n) is 4.39. The Labute approximate surface area is 194 Å². The van der Waals surface area contributed by atoms with Crippen LogP contribution in [0.3, 0.4) is 0 Å². The van der Waals surface area contributed by atoms with Crippen LogP contribution in [0.1, 0.15) is 31.6 Å². The number of aromatic nitrogens is 3. The summed E-state index contributed by atoms with van der Waals surface area (Å²) in [4.78, 5) is 14.1. The predicted octanol–water partition coefficient (Wildman–Crippen LogP) is 3.79. The smallest absolute Gasteiger partial charge is 0.406 e. The molecule has 0 atom stereocenters. The molecule has 34 heavy (non-hydrogen) atoms. The number of hydrogen-bond donors (Lipinski definition) is 2. The first-order valence-corrected chi connectivity index (χ1v) is 11.5. The number of fused-ring (bicyclic) bond motifs is 1. The summed E-state index contributed by atoms with van der Waals surface area (Å²) in [7, 11) is 2.08. The molecule has 2 aliphatic rings. The number of alkyl halides is 3. The van der Waals surface area contributed by atoms with E-state index in [1.807, 2.05) is 6.07 Å². The Morgan fingerprint density at radius 2 is 1.94 bits per heavy atom. The van der Waals surface area contributed by atoms with Crippen LogP contribution in [-0.4, -0.2) is 57.9 Å². The van der Waals surface area contributed by atoms with Gasteiger partial charge < -0.3 is 24.5 Å². The second-order valence-corrected chi connectivity index (χ2v) is 9.18. The summed E-state index contributed by atoms with van der Waals surface area (Å²) in [5, 5.41) is 14.8. The summed E-state index contributed by atoms with van der Waals surface area (Å²) in [5.41, 5.74) is 1.41. The summed E-state index contributed by atoms with van der Waals surface area (Å²) >= 11 is 0. The Bertz CT molecular complexity index is 1180. The van der Waals surface area contributed by atoms with Gasteiger partial charge in [0.25, 0.3) is 5.89 Å². The van der Waals surface area contributed by atoms with Gasteiger partial charge in [0, 0.05) is 23.0 Å². The van der Waals surface area contributed by atoms with E-state index in [4.69, 9.17) is 4.42 Å². The summed E-state index contributed by atoms with van der Waals surface area (Å²) in [5.74, 6) is 0.0987. The van der Waals surface area contributed by atoms with Crippen LogP contribution in [0.25, 0.3) is 22.5 Å². The molecular weight excluding hydrogens is 449 g/mol. The highest BCUT2D eigenvalue weighted by Crippen LogP contribution is 2.35. The lowest BCUT2D eigenvalue weighted by atomic mass is 10.0. The minimum absolute atomic E-state index is 0.0126. The molecule has 1 aromatic carbocycles. The fraction of sp³-hybridized carbons (Fsp3) is 0.522. The number of piperidine rings is 1. The van der Waals surface area contributed by atoms with Gasteiger partial charge >= 0.3 is 6.18 Å². The molecule has 1 aliphatic carbocycles. The molecule has 2 N–H and O–H groups in total. The molecule has 3 heterocycles. The molecule has 182 valence electrons. The average Bonchev–Trinajstić information content (AvgIpc) is 3.44.